The first-order chi connectivity index (χ1) is 9.45. The Labute approximate surface area is 118 Å². The van der Waals surface area contributed by atoms with Crippen LogP contribution in [0.15, 0.2) is 18.2 Å². The molecule has 0 aliphatic carbocycles. The van der Waals surface area contributed by atoms with Crippen LogP contribution in [0, 0.1) is 6.92 Å². The maximum atomic E-state index is 12.3. The molecule has 0 radical (unpaired) electrons. The van der Waals surface area contributed by atoms with E-state index in [1.54, 1.807) is 0 Å². The van der Waals surface area contributed by atoms with Gasteiger partial charge in [0.1, 0.15) is 17.4 Å². The number of carbonyl (C=O) groups excluding carboxylic acids is 1. The third-order valence-corrected chi connectivity index (χ3v) is 3.25. The van der Waals surface area contributed by atoms with Crippen LogP contribution in [-0.2, 0) is 9.53 Å². The van der Waals surface area contributed by atoms with Crippen LogP contribution in [0.4, 0.5) is 5.69 Å². The summed E-state index contributed by atoms with van der Waals surface area (Å²) in [5.74, 6) is 0.540. The number of hydrogen-bond donors (Lipinski definition) is 1. The van der Waals surface area contributed by atoms with E-state index in [9.17, 15) is 4.79 Å². The maximum absolute atomic E-state index is 12.3. The van der Waals surface area contributed by atoms with Gasteiger partial charge in [0.2, 0.25) is 0 Å². The monoisotopic (exact) mass is 275 g/mol. The van der Waals surface area contributed by atoms with Crippen LogP contribution in [0.3, 0.4) is 0 Å². The third-order valence-electron chi connectivity index (χ3n) is 3.25. The van der Waals surface area contributed by atoms with E-state index >= 15 is 0 Å². The highest BCUT2D eigenvalue weighted by atomic mass is 16.5. The Morgan fingerprint density at radius 1 is 1.45 bits per heavy atom. The number of nitrogen functional groups attached to an aromatic ring is 1. The number of nitrogens with zero attached hydrogens (tertiary/aromatic N) is 2. The van der Waals surface area contributed by atoms with Gasteiger partial charge in [0, 0.05) is 0 Å². The number of carbonyl (C=O) groups is 1. The van der Waals surface area contributed by atoms with Gasteiger partial charge < -0.3 is 15.0 Å². The summed E-state index contributed by atoms with van der Waals surface area (Å²) in [5, 5.41) is 0. The molecular formula is C15H21N3O2. The Morgan fingerprint density at radius 2 is 2.15 bits per heavy atom. The molecule has 1 heterocycles. The van der Waals surface area contributed by atoms with Gasteiger partial charge >= 0.3 is 5.97 Å². The zero-order valence-electron chi connectivity index (χ0n) is 12.4. The molecule has 1 unspecified atom stereocenters. The lowest BCUT2D eigenvalue weighted by Crippen LogP contribution is -2.24. The van der Waals surface area contributed by atoms with Gasteiger partial charge in [-0.2, -0.15) is 0 Å². The summed E-state index contributed by atoms with van der Waals surface area (Å²) in [4.78, 5) is 16.7. The highest BCUT2D eigenvalue weighted by molar-refractivity contribution is 5.89. The normalized spacial score (nSPS) is 12.8. The Hall–Kier alpha value is -2.04. The van der Waals surface area contributed by atoms with Gasteiger partial charge in [0.25, 0.3) is 0 Å². The second-order valence-electron chi connectivity index (χ2n) is 5.15. The molecule has 0 aliphatic rings. The van der Waals surface area contributed by atoms with Crippen LogP contribution < -0.4 is 5.73 Å². The van der Waals surface area contributed by atoms with Crippen LogP contribution in [0.2, 0.25) is 0 Å². The Morgan fingerprint density at radius 3 is 2.75 bits per heavy atom. The molecule has 0 amide bonds. The van der Waals surface area contributed by atoms with E-state index in [2.05, 4.69) is 4.98 Å². The summed E-state index contributed by atoms with van der Waals surface area (Å²) in [6.45, 7) is 7.54. The van der Waals surface area contributed by atoms with Crippen molar-refractivity contribution in [1.82, 2.24) is 9.55 Å². The molecule has 0 saturated carbocycles. The summed E-state index contributed by atoms with van der Waals surface area (Å²) in [5.41, 5.74) is 8.17. The van der Waals surface area contributed by atoms with Crippen LogP contribution in [-0.4, -0.2) is 21.6 Å². The molecule has 0 bridgehead atoms. The number of hydrogen-bond acceptors (Lipinski definition) is 4. The molecule has 108 valence electrons. The number of anilines is 1. The number of imidazole rings is 1. The fraction of sp³-hybridized carbons (Fsp3) is 0.467. The lowest BCUT2D eigenvalue weighted by atomic mass is 10.2. The van der Waals surface area contributed by atoms with Crippen molar-refractivity contribution in [3.05, 3.63) is 24.0 Å². The van der Waals surface area contributed by atoms with Crippen molar-refractivity contribution in [2.24, 2.45) is 0 Å². The number of aromatic nitrogens is 2. The minimum absolute atomic E-state index is 0.128. The number of rotatable bonds is 4. The smallest absolute Gasteiger partial charge is 0.329 e. The lowest BCUT2D eigenvalue weighted by Gasteiger charge is -2.19. The summed E-state index contributed by atoms with van der Waals surface area (Å²) in [7, 11) is 0. The van der Waals surface area contributed by atoms with Gasteiger partial charge in [-0.25, -0.2) is 9.78 Å². The fourth-order valence-electron chi connectivity index (χ4n) is 2.41. The molecule has 1 atom stereocenters. The molecule has 5 nitrogen and oxygen atoms in total. The van der Waals surface area contributed by atoms with Crippen molar-refractivity contribution in [3.63, 3.8) is 0 Å². The molecule has 0 fully saturated rings. The third kappa shape index (κ3) is 2.48. The highest BCUT2D eigenvalue weighted by Crippen LogP contribution is 2.27. The molecule has 2 rings (SSSR count). The van der Waals surface area contributed by atoms with Crippen molar-refractivity contribution < 1.29 is 9.53 Å². The predicted octanol–water partition coefficient (Wildman–Crippen LogP) is 2.83. The molecule has 20 heavy (non-hydrogen) atoms. The zero-order chi connectivity index (χ0) is 14.9. The standard InChI is InChI=1S/C15H21N3O2/c1-5-12(15(19)20-9(2)3)18-10(4)17-14-11(16)7-6-8-13(14)18/h6-9,12H,5,16H2,1-4H3. The Kier molecular flexibility index (Phi) is 3.97. The number of ether oxygens (including phenoxy) is 1. The topological polar surface area (TPSA) is 70.1 Å². The molecule has 0 spiro atoms. The summed E-state index contributed by atoms with van der Waals surface area (Å²) in [6.07, 6.45) is 0.517. The quantitative estimate of drug-likeness (QED) is 0.688. The molecule has 5 heteroatoms. The molecular weight excluding hydrogens is 254 g/mol. The van der Waals surface area contributed by atoms with Crippen LogP contribution in [0.1, 0.15) is 39.1 Å². The van der Waals surface area contributed by atoms with Crippen LogP contribution in [0.25, 0.3) is 11.0 Å². The molecule has 1 aromatic heterocycles. The van der Waals surface area contributed by atoms with Crippen LogP contribution in [0.5, 0.6) is 0 Å². The van der Waals surface area contributed by atoms with Crippen LogP contribution >= 0.6 is 0 Å². The average molecular weight is 275 g/mol. The van der Waals surface area contributed by atoms with Gasteiger partial charge in [-0.1, -0.05) is 13.0 Å². The van der Waals surface area contributed by atoms with Crippen molar-refractivity contribution in [1.29, 1.82) is 0 Å². The van der Waals surface area contributed by atoms with Gasteiger partial charge in [0.15, 0.2) is 0 Å². The Balaban J connectivity index is 2.52. The predicted molar refractivity (Wildman–Crippen MR) is 79.4 cm³/mol. The zero-order valence-corrected chi connectivity index (χ0v) is 12.4. The maximum Gasteiger partial charge on any atom is 0.329 e. The van der Waals surface area contributed by atoms with Gasteiger partial charge in [-0.05, 0) is 39.3 Å². The first-order valence-electron chi connectivity index (χ1n) is 6.89. The number of fused-ring (bicyclic) bond motifs is 1. The second kappa shape index (κ2) is 5.53. The Bertz CT molecular complexity index is 631. The summed E-state index contributed by atoms with van der Waals surface area (Å²) in [6, 6.07) is 5.24. The van der Waals surface area contributed by atoms with Gasteiger partial charge in [-0.15, -0.1) is 0 Å². The van der Waals surface area contributed by atoms with E-state index in [0.29, 0.717) is 12.1 Å². The molecule has 2 N–H and O–H groups in total. The summed E-state index contributed by atoms with van der Waals surface area (Å²) < 4.78 is 7.26. The van der Waals surface area contributed by atoms with Gasteiger partial charge in [0.05, 0.1) is 17.3 Å². The van der Waals surface area contributed by atoms with Gasteiger partial charge in [-0.3, -0.25) is 0 Å². The fourth-order valence-corrected chi connectivity index (χ4v) is 2.41. The largest absolute Gasteiger partial charge is 0.461 e. The number of benzene rings is 1. The number of nitrogens with two attached hydrogens (primary N) is 1. The van der Waals surface area contributed by atoms with E-state index in [0.717, 1.165) is 16.9 Å². The average Bonchev–Trinajstić information content (AvgIpc) is 2.69. The van der Waals surface area contributed by atoms with E-state index in [1.165, 1.54) is 0 Å². The number of esters is 1. The van der Waals surface area contributed by atoms with Crippen molar-refractivity contribution in [2.75, 3.05) is 5.73 Å². The molecule has 0 saturated heterocycles. The first-order valence-corrected chi connectivity index (χ1v) is 6.89. The minimum atomic E-state index is -0.371. The van der Waals surface area contributed by atoms with E-state index in [-0.39, 0.29) is 18.1 Å². The number of aryl methyl sites for hydroxylation is 1. The molecule has 2 aromatic rings. The van der Waals surface area contributed by atoms with E-state index in [1.807, 2.05) is 50.5 Å². The lowest BCUT2D eigenvalue weighted by molar-refractivity contribution is -0.151. The number of para-hydroxylation sites is 1. The first kappa shape index (κ1) is 14.4. The summed E-state index contributed by atoms with van der Waals surface area (Å²) >= 11 is 0. The molecule has 1 aromatic carbocycles. The highest BCUT2D eigenvalue weighted by Gasteiger charge is 2.25. The second-order valence-corrected chi connectivity index (χ2v) is 5.15. The van der Waals surface area contributed by atoms with Crippen molar-refractivity contribution in [3.8, 4) is 0 Å². The minimum Gasteiger partial charge on any atom is -0.461 e. The van der Waals surface area contributed by atoms with Crippen molar-refractivity contribution in [2.45, 2.75) is 46.3 Å². The van der Waals surface area contributed by atoms with E-state index in [4.69, 9.17) is 10.5 Å². The van der Waals surface area contributed by atoms with Crippen molar-refractivity contribution >= 4 is 22.7 Å². The molecule has 0 aliphatic heterocycles. The SMILES string of the molecule is CCC(C(=O)OC(C)C)n1c(C)nc2c(N)cccc21. The van der Waals surface area contributed by atoms with E-state index < -0.39 is 0 Å².